The summed E-state index contributed by atoms with van der Waals surface area (Å²) in [6.45, 7) is 8.40. The van der Waals surface area contributed by atoms with Crippen LogP contribution in [0.15, 0.2) is 18.2 Å². The molecule has 0 fully saturated rings. The molecule has 1 aromatic carbocycles. The minimum Gasteiger partial charge on any atom is -0.489 e. The topological polar surface area (TPSA) is 9.23 Å². The van der Waals surface area contributed by atoms with Crippen molar-refractivity contribution in [3.05, 3.63) is 29.6 Å². The molecule has 0 aliphatic carbocycles. The fourth-order valence-corrected chi connectivity index (χ4v) is 2.38. The van der Waals surface area contributed by atoms with Gasteiger partial charge in [-0.25, -0.2) is 4.39 Å². The first-order valence-electron chi connectivity index (χ1n) is 5.36. The molecule has 0 saturated heterocycles. The van der Waals surface area contributed by atoms with E-state index in [9.17, 15) is 4.39 Å². The maximum absolute atomic E-state index is 13.6. The Morgan fingerprint density at radius 1 is 1.27 bits per heavy atom. The Hall–Kier alpha value is -1.05. The zero-order valence-electron chi connectivity index (χ0n) is 9.67. The average Bonchev–Trinajstić information content (AvgIpc) is 2.44. The first-order valence-corrected chi connectivity index (χ1v) is 5.36. The van der Waals surface area contributed by atoms with E-state index in [0.29, 0.717) is 5.75 Å². The summed E-state index contributed by atoms with van der Waals surface area (Å²) in [5.41, 5.74) is 0.766. The number of fused-ring (bicyclic) bond motifs is 1. The molecule has 2 unspecified atom stereocenters. The molecular weight excluding hydrogens is 191 g/mol. The van der Waals surface area contributed by atoms with Crippen LogP contribution in [0, 0.1) is 11.2 Å². The Labute approximate surface area is 90.3 Å². The van der Waals surface area contributed by atoms with Gasteiger partial charge in [-0.3, -0.25) is 0 Å². The second-order valence-corrected chi connectivity index (χ2v) is 5.34. The minimum absolute atomic E-state index is 0.0326. The molecular formula is C13H17FO. The highest BCUT2D eigenvalue weighted by Crippen LogP contribution is 2.45. The molecule has 0 aromatic heterocycles. The van der Waals surface area contributed by atoms with Gasteiger partial charge in [-0.15, -0.1) is 0 Å². The van der Waals surface area contributed by atoms with Crippen molar-refractivity contribution in [3.8, 4) is 5.75 Å². The van der Waals surface area contributed by atoms with Gasteiger partial charge in [-0.05, 0) is 17.5 Å². The molecule has 2 atom stereocenters. The Morgan fingerprint density at radius 3 is 2.47 bits per heavy atom. The zero-order valence-corrected chi connectivity index (χ0v) is 9.67. The Kier molecular flexibility index (Phi) is 2.25. The Morgan fingerprint density at radius 2 is 1.93 bits per heavy atom. The minimum atomic E-state index is -0.147. The van der Waals surface area contributed by atoms with Crippen LogP contribution in [0.3, 0.4) is 0 Å². The van der Waals surface area contributed by atoms with Crippen molar-refractivity contribution in [1.29, 1.82) is 0 Å². The lowest BCUT2D eigenvalue weighted by Crippen LogP contribution is -2.32. The van der Waals surface area contributed by atoms with E-state index >= 15 is 0 Å². The van der Waals surface area contributed by atoms with Gasteiger partial charge < -0.3 is 4.74 Å². The van der Waals surface area contributed by atoms with Gasteiger partial charge in [-0.1, -0.05) is 33.8 Å². The third-order valence-corrected chi connectivity index (χ3v) is 3.03. The largest absolute Gasteiger partial charge is 0.489 e. The maximum atomic E-state index is 13.6. The summed E-state index contributed by atoms with van der Waals surface area (Å²) in [4.78, 5) is 0. The SMILES string of the molecule is CC1c2c(F)cccc2OC1C(C)(C)C. The van der Waals surface area contributed by atoms with Crippen LogP contribution in [-0.2, 0) is 0 Å². The summed E-state index contributed by atoms with van der Waals surface area (Å²) in [5, 5.41) is 0. The summed E-state index contributed by atoms with van der Waals surface area (Å²) in [5.74, 6) is 0.690. The molecule has 1 aromatic rings. The van der Waals surface area contributed by atoms with E-state index in [2.05, 4.69) is 20.8 Å². The molecule has 15 heavy (non-hydrogen) atoms. The van der Waals surface area contributed by atoms with Crippen molar-refractivity contribution >= 4 is 0 Å². The van der Waals surface area contributed by atoms with Crippen LogP contribution in [-0.4, -0.2) is 6.10 Å². The first-order chi connectivity index (χ1) is 6.91. The summed E-state index contributed by atoms with van der Waals surface area (Å²) >= 11 is 0. The quantitative estimate of drug-likeness (QED) is 0.631. The normalized spacial score (nSPS) is 24.9. The second kappa shape index (κ2) is 3.22. The van der Waals surface area contributed by atoms with Gasteiger partial charge in [0.05, 0.1) is 0 Å². The number of benzene rings is 1. The van der Waals surface area contributed by atoms with Gasteiger partial charge >= 0.3 is 0 Å². The average molecular weight is 208 g/mol. The number of hydrogen-bond acceptors (Lipinski definition) is 1. The van der Waals surface area contributed by atoms with Crippen LogP contribution in [0.25, 0.3) is 0 Å². The predicted molar refractivity (Wildman–Crippen MR) is 58.7 cm³/mol. The lowest BCUT2D eigenvalue weighted by atomic mass is 9.80. The number of ether oxygens (including phenoxy) is 1. The maximum Gasteiger partial charge on any atom is 0.130 e. The molecule has 1 heterocycles. The van der Waals surface area contributed by atoms with Gasteiger partial charge in [0.2, 0.25) is 0 Å². The van der Waals surface area contributed by atoms with E-state index in [0.717, 1.165) is 5.56 Å². The molecule has 0 spiro atoms. The molecule has 1 aliphatic rings. The fraction of sp³-hybridized carbons (Fsp3) is 0.538. The van der Waals surface area contributed by atoms with Crippen molar-refractivity contribution in [3.63, 3.8) is 0 Å². The molecule has 0 saturated carbocycles. The van der Waals surface area contributed by atoms with Crippen molar-refractivity contribution in [2.45, 2.75) is 39.7 Å². The van der Waals surface area contributed by atoms with Crippen molar-refractivity contribution in [2.24, 2.45) is 5.41 Å². The van der Waals surface area contributed by atoms with E-state index in [4.69, 9.17) is 4.74 Å². The predicted octanol–water partition coefficient (Wildman–Crippen LogP) is 3.74. The lowest BCUT2D eigenvalue weighted by molar-refractivity contribution is 0.0909. The summed E-state index contributed by atoms with van der Waals surface area (Å²) < 4.78 is 19.4. The Balaban J connectivity index is 2.42. The van der Waals surface area contributed by atoms with Crippen molar-refractivity contribution in [1.82, 2.24) is 0 Å². The van der Waals surface area contributed by atoms with E-state index in [-0.39, 0.29) is 23.3 Å². The van der Waals surface area contributed by atoms with E-state index in [1.807, 2.05) is 13.0 Å². The Bertz CT molecular complexity index is 379. The van der Waals surface area contributed by atoms with Crippen LogP contribution in [0.5, 0.6) is 5.75 Å². The van der Waals surface area contributed by atoms with E-state index in [1.54, 1.807) is 6.07 Å². The fourth-order valence-electron chi connectivity index (χ4n) is 2.38. The second-order valence-electron chi connectivity index (χ2n) is 5.34. The standard InChI is InChI=1S/C13H17FO/c1-8-11-9(14)6-5-7-10(11)15-12(8)13(2,3)4/h5-8,12H,1-4H3. The van der Waals surface area contributed by atoms with Crippen molar-refractivity contribution in [2.75, 3.05) is 0 Å². The molecule has 1 nitrogen and oxygen atoms in total. The highest BCUT2D eigenvalue weighted by Gasteiger charge is 2.40. The van der Waals surface area contributed by atoms with Gasteiger partial charge in [0.15, 0.2) is 0 Å². The summed E-state index contributed by atoms with van der Waals surface area (Å²) in [6.07, 6.45) is 0.0596. The molecule has 0 amide bonds. The van der Waals surface area contributed by atoms with Crippen LogP contribution in [0.1, 0.15) is 39.2 Å². The molecule has 0 radical (unpaired) electrons. The van der Waals surface area contributed by atoms with Gasteiger partial charge in [0, 0.05) is 11.5 Å². The molecule has 0 bridgehead atoms. The van der Waals surface area contributed by atoms with Crippen LogP contribution in [0.4, 0.5) is 4.39 Å². The number of rotatable bonds is 0. The van der Waals surface area contributed by atoms with Gasteiger partial charge in [0.25, 0.3) is 0 Å². The first kappa shape index (κ1) is 10.5. The van der Waals surface area contributed by atoms with Crippen LogP contribution >= 0.6 is 0 Å². The van der Waals surface area contributed by atoms with Gasteiger partial charge in [-0.2, -0.15) is 0 Å². The number of hydrogen-bond donors (Lipinski definition) is 0. The zero-order chi connectivity index (χ0) is 11.2. The van der Waals surface area contributed by atoms with Gasteiger partial charge in [0.1, 0.15) is 17.7 Å². The van der Waals surface area contributed by atoms with Crippen molar-refractivity contribution < 1.29 is 9.13 Å². The third-order valence-electron chi connectivity index (χ3n) is 3.03. The highest BCUT2D eigenvalue weighted by atomic mass is 19.1. The smallest absolute Gasteiger partial charge is 0.130 e. The van der Waals surface area contributed by atoms with E-state index in [1.165, 1.54) is 6.07 Å². The lowest BCUT2D eigenvalue weighted by Gasteiger charge is -2.29. The molecule has 2 rings (SSSR count). The molecule has 82 valence electrons. The molecule has 2 heteroatoms. The van der Waals surface area contributed by atoms with Crippen LogP contribution in [0.2, 0.25) is 0 Å². The number of halogens is 1. The summed E-state index contributed by atoms with van der Waals surface area (Å²) in [6, 6.07) is 5.05. The highest BCUT2D eigenvalue weighted by molar-refractivity contribution is 5.42. The molecule has 1 aliphatic heterocycles. The monoisotopic (exact) mass is 208 g/mol. The summed E-state index contributed by atoms with van der Waals surface area (Å²) in [7, 11) is 0. The van der Waals surface area contributed by atoms with E-state index < -0.39 is 0 Å². The molecule has 0 N–H and O–H groups in total. The van der Waals surface area contributed by atoms with Crippen LogP contribution < -0.4 is 4.74 Å². The third kappa shape index (κ3) is 1.62.